The number of amides is 1. The number of anilines is 1. The average Bonchev–Trinajstić information content (AvgIpc) is 2.43. The Hall–Kier alpha value is -1.99. The smallest absolute Gasteiger partial charge is 0.263 e. The summed E-state index contributed by atoms with van der Waals surface area (Å²) in [6, 6.07) is 7.73. The Balaban J connectivity index is 2.67. The number of nitrogens with one attached hydrogen (secondary N) is 2. The first-order chi connectivity index (χ1) is 9.58. The average molecular weight is 292 g/mol. The Morgan fingerprint density at radius 2 is 2.15 bits per heavy atom. The van der Waals surface area contributed by atoms with Crippen LogP contribution in [0, 0.1) is 25.2 Å². The van der Waals surface area contributed by atoms with Gasteiger partial charge in [-0.3, -0.25) is 4.79 Å². The van der Waals surface area contributed by atoms with Gasteiger partial charge in [0.25, 0.3) is 5.91 Å². The molecular weight excluding hydrogens is 274 g/mol. The highest BCUT2D eigenvalue weighted by Gasteiger charge is 2.07. The number of rotatable bonds is 6. The van der Waals surface area contributed by atoms with Crippen LogP contribution >= 0.6 is 11.6 Å². The number of hydrogen-bond donors (Lipinski definition) is 2. The number of nitrogens with zero attached hydrogens (tertiary/aromatic N) is 1. The molecule has 0 fully saturated rings. The van der Waals surface area contributed by atoms with E-state index in [0.29, 0.717) is 18.8 Å². The number of hydrogen-bond acceptors (Lipinski definition) is 3. The lowest BCUT2D eigenvalue weighted by Gasteiger charge is -2.06. The number of halogens is 1. The molecule has 0 radical (unpaired) electrons. The summed E-state index contributed by atoms with van der Waals surface area (Å²) in [5.41, 5.74) is 3.22. The SMILES string of the molecule is Cc1ccc(N/C=C(/C#N)C(=O)NCCCCl)cc1C. The van der Waals surface area contributed by atoms with E-state index in [4.69, 9.17) is 16.9 Å². The fourth-order valence-electron chi connectivity index (χ4n) is 1.50. The number of alkyl halides is 1. The third-order valence-electron chi connectivity index (χ3n) is 2.85. The lowest BCUT2D eigenvalue weighted by Crippen LogP contribution is -2.26. The van der Waals surface area contributed by atoms with Gasteiger partial charge in [-0.2, -0.15) is 5.26 Å². The quantitative estimate of drug-likeness (QED) is 0.367. The van der Waals surface area contributed by atoms with Crippen molar-refractivity contribution in [1.82, 2.24) is 5.32 Å². The molecule has 20 heavy (non-hydrogen) atoms. The van der Waals surface area contributed by atoms with Crippen molar-refractivity contribution in [3.8, 4) is 6.07 Å². The number of carbonyl (C=O) groups excluding carboxylic acids is 1. The summed E-state index contributed by atoms with van der Waals surface area (Å²) >= 11 is 5.52. The maximum atomic E-state index is 11.7. The second-order valence-electron chi connectivity index (χ2n) is 4.41. The first kappa shape index (κ1) is 16.1. The maximum Gasteiger partial charge on any atom is 0.263 e. The Labute approximate surface area is 124 Å². The van der Waals surface area contributed by atoms with Gasteiger partial charge in [-0.1, -0.05) is 6.07 Å². The molecule has 2 N–H and O–H groups in total. The van der Waals surface area contributed by atoms with Gasteiger partial charge in [0.05, 0.1) is 0 Å². The Morgan fingerprint density at radius 1 is 1.40 bits per heavy atom. The van der Waals surface area contributed by atoms with Crippen molar-refractivity contribution >= 4 is 23.2 Å². The van der Waals surface area contributed by atoms with E-state index in [2.05, 4.69) is 10.6 Å². The molecule has 5 heteroatoms. The molecule has 0 saturated carbocycles. The second-order valence-corrected chi connectivity index (χ2v) is 4.79. The molecule has 1 amide bonds. The highest BCUT2D eigenvalue weighted by Crippen LogP contribution is 2.14. The van der Waals surface area contributed by atoms with Crippen LogP contribution in [0.15, 0.2) is 30.0 Å². The van der Waals surface area contributed by atoms with Gasteiger partial charge in [0.2, 0.25) is 0 Å². The molecule has 0 aliphatic heterocycles. The number of carbonyl (C=O) groups is 1. The fraction of sp³-hybridized carbons (Fsp3) is 0.333. The van der Waals surface area contributed by atoms with Crippen molar-refractivity contribution in [2.75, 3.05) is 17.7 Å². The summed E-state index contributed by atoms with van der Waals surface area (Å²) in [5.74, 6) is 0.0845. The molecule has 0 atom stereocenters. The first-order valence-electron chi connectivity index (χ1n) is 6.36. The minimum absolute atomic E-state index is 0.0396. The largest absolute Gasteiger partial charge is 0.360 e. The topological polar surface area (TPSA) is 64.9 Å². The molecule has 0 aromatic heterocycles. The van der Waals surface area contributed by atoms with E-state index in [9.17, 15) is 4.79 Å². The van der Waals surface area contributed by atoms with Gasteiger partial charge < -0.3 is 10.6 Å². The van der Waals surface area contributed by atoms with Crippen LogP contribution in [0.1, 0.15) is 17.5 Å². The zero-order valence-corrected chi connectivity index (χ0v) is 12.4. The summed E-state index contributed by atoms with van der Waals surface area (Å²) in [5, 5.41) is 14.6. The molecule has 0 heterocycles. The predicted molar refractivity (Wildman–Crippen MR) is 81.6 cm³/mol. The maximum absolute atomic E-state index is 11.7. The summed E-state index contributed by atoms with van der Waals surface area (Å²) in [6.45, 7) is 4.50. The zero-order chi connectivity index (χ0) is 15.0. The summed E-state index contributed by atoms with van der Waals surface area (Å²) < 4.78 is 0. The summed E-state index contributed by atoms with van der Waals surface area (Å²) in [7, 11) is 0. The molecule has 0 aliphatic rings. The van der Waals surface area contributed by atoms with Crippen LogP contribution < -0.4 is 10.6 Å². The van der Waals surface area contributed by atoms with Crippen LogP contribution in [-0.4, -0.2) is 18.3 Å². The zero-order valence-electron chi connectivity index (χ0n) is 11.7. The van der Waals surface area contributed by atoms with Crippen molar-refractivity contribution in [1.29, 1.82) is 5.26 Å². The van der Waals surface area contributed by atoms with Crippen molar-refractivity contribution in [2.24, 2.45) is 0 Å². The lowest BCUT2D eigenvalue weighted by molar-refractivity contribution is -0.117. The van der Waals surface area contributed by atoms with E-state index in [1.54, 1.807) is 0 Å². The van der Waals surface area contributed by atoms with Crippen LogP contribution in [0.25, 0.3) is 0 Å². The number of benzene rings is 1. The highest BCUT2D eigenvalue weighted by atomic mass is 35.5. The molecule has 0 unspecified atom stereocenters. The molecule has 1 rings (SSSR count). The Kier molecular flexibility index (Phi) is 6.61. The fourth-order valence-corrected chi connectivity index (χ4v) is 1.63. The van der Waals surface area contributed by atoms with Crippen LogP contribution in [-0.2, 0) is 4.79 Å². The molecule has 0 aliphatic carbocycles. The van der Waals surface area contributed by atoms with Crippen molar-refractivity contribution < 1.29 is 4.79 Å². The van der Waals surface area contributed by atoms with Crippen molar-refractivity contribution in [3.63, 3.8) is 0 Å². The molecule has 0 saturated heterocycles. The molecule has 1 aromatic rings. The summed E-state index contributed by atoms with van der Waals surface area (Å²) in [6.07, 6.45) is 2.09. The molecule has 4 nitrogen and oxygen atoms in total. The lowest BCUT2D eigenvalue weighted by atomic mass is 10.1. The van der Waals surface area contributed by atoms with Crippen LogP contribution in [0.5, 0.6) is 0 Å². The summed E-state index contributed by atoms with van der Waals surface area (Å²) in [4.78, 5) is 11.7. The first-order valence-corrected chi connectivity index (χ1v) is 6.90. The van der Waals surface area contributed by atoms with Crippen LogP contribution in [0.4, 0.5) is 5.69 Å². The van der Waals surface area contributed by atoms with Crippen LogP contribution in [0.2, 0.25) is 0 Å². The predicted octanol–water partition coefficient (Wildman–Crippen LogP) is 2.87. The van der Waals surface area contributed by atoms with Gasteiger partial charge >= 0.3 is 0 Å². The van der Waals surface area contributed by atoms with E-state index in [0.717, 1.165) is 11.3 Å². The molecule has 1 aromatic carbocycles. The van der Waals surface area contributed by atoms with Gasteiger partial charge in [-0.15, -0.1) is 11.6 Å². The second kappa shape index (κ2) is 8.23. The van der Waals surface area contributed by atoms with Gasteiger partial charge in [0, 0.05) is 24.3 Å². The molecule has 0 bridgehead atoms. The molecular formula is C15H18ClN3O. The van der Waals surface area contributed by atoms with E-state index >= 15 is 0 Å². The molecule has 106 valence electrons. The van der Waals surface area contributed by atoms with E-state index < -0.39 is 5.91 Å². The van der Waals surface area contributed by atoms with E-state index in [-0.39, 0.29) is 5.57 Å². The Morgan fingerprint density at radius 3 is 2.75 bits per heavy atom. The minimum Gasteiger partial charge on any atom is -0.360 e. The number of nitriles is 1. The third-order valence-corrected chi connectivity index (χ3v) is 3.12. The van der Waals surface area contributed by atoms with E-state index in [1.807, 2.05) is 38.1 Å². The van der Waals surface area contributed by atoms with Gasteiger partial charge in [0.1, 0.15) is 11.6 Å². The van der Waals surface area contributed by atoms with Crippen molar-refractivity contribution in [3.05, 3.63) is 41.1 Å². The van der Waals surface area contributed by atoms with Crippen LogP contribution in [0.3, 0.4) is 0 Å². The monoisotopic (exact) mass is 291 g/mol. The third kappa shape index (κ3) is 4.94. The standard InChI is InChI=1S/C15H18ClN3O/c1-11-4-5-14(8-12(11)2)19-10-13(9-17)15(20)18-7-3-6-16/h4-5,8,10,19H,3,6-7H2,1-2H3,(H,18,20)/b13-10-. The van der Waals surface area contributed by atoms with Gasteiger partial charge in [0.15, 0.2) is 0 Å². The molecule has 0 spiro atoms. The minimum atomic E-state index is -0.394. The highest BCUT2D eigenvalue weighted by molar-refractivity contribution is 6.17. The number of aryl methyl sites for hydroxylation is 2. The van der Waals surface area contributed by atoms with Crippen molar-refractivity contribution in [2.45, 2.75) is 20.3 Å². The normalized spacial score (nSPS) is 10.8. The van der Waals surface area contributed by atoms with E-state index in [1.165, 1.54) is 11.8 Å². The Bertz CT molecular complexity index is 547. The van der Waals surface area contributed by atoms with Gasteiger partial charge in [-0.25, -0.2) is 0 Å². The van der Waals surface area contributed by atoms with Gasteiger partial charge in [-0.05, 0) is 43.5 Å².